The molecule has 14 heteroatoms. The molecule has 0 radical (unpaired) electrons. The highest BCUT2D eigenvalue weighted by molar-refractivity contribution is 6.09. The molecule has 2 aliphatic rings. The van der Waals surface area contributed by atoms with Crippen LogP contribution in [0.1, 0.15) is 81.9 Å². The maximum atomic E-state index is 14.5. The molecular weight excluding hydrogens is 620 g/mol. The van der Waals surface area contributed by atoms with Gasteiger partial charge in [0.15, 0.2) is 0 Å². The molecule has 1 saturated heterocycles. The van der Waals surface area contributed by atoms with E-state index >= 15 is 0 Å². The summed E-state index contributed by atoms with van der Waals surface area (Å²) in [4.78, 5) is 41.5. The molecule has 1 aliphatic heterocycles. The Morgan fingerprint density at radius 3 is 2.21 bits per heavy atom. The minimum Gasteiger partial charge on any atom is -0.481 e. The fourth-order valence-corrected chi connectivity index (χ4v) is 6.60. The number of aliphatic carboxylic acids is 1. The van der Waals surface area contributed by atoms with E-state index in [-0.39, 0.29) is 42.3 Å². The van der Waals surface area contributed by atoms with E-state index in [1.54, 1.807) is 35.5 Å². The number of amides is 1. The van der Waals surface area contributed by atoms with Crippen molar-refractivity contribution < 1.29 is 37.0 Å². The van der Waals surface area contributed by atoms with Crippen molar-refractivity contribution >= 4 is 29.8 Å². The minimum absolute atomic E-state index is 0.102. The molecule has 4 rings (SSSR count). The van der Waals surface area contributed by atoms with Gasteiger partial charge in [0.2, 0.25) is 5.95 Å². The van der Waals surface area contributed by atoms with Gasteiger partial charge in [-0.05, 0) is 75.1 Å². The number of halogens is 4. The van der Waals surface area contributed by atoms with Crippen LogP contribution in [0.3, 0.4) is 0 Å². The Kier molecular flexibility index (Phi) is 11.8. The highest BCUT2D eigenvalue weighted by atomic mass is 19.4. The Morgan fingerprint density at radius 1 is 1.09 bits per heavy atom. The number of aliphatic imine (C=N–C) groups is 1. The van der Waals surface area contributed by atoms with Crippen LogP contribution in [0.2, 0.25) is 0 Å². The number of ether oxygens (including phenoxy) is 1. The highest BCUT2D eigenvalue weighted by Crippen LogP contribution is 2.36. The van der Waals surface area contributed by atoms with E-state index in [0.29, 0.717) is 68.6 Å². The van der Waals surface area contributed by atoms with E-state index in [9.17, 15) is 32.3 Å². The van der Waals surface area contributed by atoms with Crippen LogP contribution in [-0.2, 0) is 22.3 Å². The fourth-order valence-electron chi connectivity index (χ4n) is 6.60. The largest absolute Gasteiger partial charge is 0.481 e. The van der Waals surface area contributed by atoms with Gasteiger partial charge in [-0.3, -0.25) is 9.79 Å². The number of alkyl halides is 3. The van der Waals surface area contributed by atoms with E-state index in [1.807, 2.05) is 13.8 Å². The molecule has 2 aromatic rings. The second-order valence-electron chi connectivity index (χ2n) is 12.1. The number of anilines is 1. The third-order valence-electron chi connectivity index (χ3n) is 9.07. The summed E-state index contributed by atoms with van der Waals surface area (Å²) in [6.07, 6.45) is 4.35. The zero-order chi connectivity index (χ0) is 34.3. The number of allylic oxidation sites excluding steroid dienone is 1. The van der Waals surface area contributed by atoms with E-state index in [4.69, 9.17) is 10.5 Å². The highest BCUT2D eigenvalue weighted by Gasteiger charge is 2.42. The predicted octanol–water partition coefficient (Wildman–Crippen LogP) is 6.44. The quantitative estimate of drug-likeness (QED) is 0.219. The number of likely N-dealkylation sites (tertiary alicyclic amines) is 1. The number of rotatable bonds is 10. The van der Waals surface area contributed by atoms with E-state index in [1.165, 1.54) is 6.20 Å². The Morgan fingerprint density at radius 2 is 1.70 bits per heavy atom. The van der Waals surface area contributed by atoms with Gasteiger partial charge >= 0.3 is 18.2 Å². The molecule has 2 fully saturated rings. The van der Waals surface area contributed by atoms with Gasteiger partial charge in [0.05, 0.1) is 11.5 Å². The minimum atomic E-state index is -4.73. The molecule has 1 saturated carbocycles. The van der Waals surface area contributed by atoms with Gasteiger partial charge in [-0.1, -0.05) is 13.8 Å². The first kappa shape index (κ1) is 35.6. The van der Waals surface area contributed by atoms with Crippen LogP contribution in [0.15, 0.2) is 41.8 Å². The molecule has 1 amide bonds. The van der Waals surface area contributed by atoms with Crippen molar-refractivity contribution in [2.45, 2.75) is 102 Å². The standard InChI is InChI=1S/C33H42F4N6O4/c1-4-26-13-28(14-27(5-2)43(26)32(46)47-29-8-6-21(7-9-29)30(44)45)42(19-20-10-24(33(35,36)37)12-25(34)11-20)31-40-17-23(18-41-31)22(15-38)16-39-3/h10-12,15-18,21,26-29H,4-9,13-14,19,38H2,1-3H3,(H,44,45)/t21?,26-,27+,28?,29?. The summed E-state index contributed by atoms with van der Waals surface area (Å²) in [5.74, 6) is -2.04. The van der Waals surface area contributed by atoms with Crippen LogP contribution in [0.25, 0.3) is 5.57 Å². The Bertz CT molecular complexity index is 1430. The number of carbonyl (C=O) groups is 2. The SMILES string of the molecule is CC[C@@H]1CC(N(Cc2cc(F)cc(C(F)(F)F)c2)c2ncc(C(C=NC)=CN)cn2)C[C@H](CC)N1C(=O)OC1CCC(C(=O)O)CC1. The number of piperidine rings is 1. The van der Waals surface area contributed by atoms with Crippen molar-refractivity contribution in [3.63, 3.8) is 0 Å². The average molecular weight is 663 g/mol. The van der Waals surface area contributed by atoms with Crippen molar-refractivity contribution in [2.75, 3.05) is 11.9 Å². The molecule has 3 N–H and O–H groups in total. The Labute approximate surface area is 271 Å². The molecule has 1 unspecified atom stereocenters. The summed E-state index contributed by atoms with van der Waals surface area (Å²) in [5.41, 5.74) is 5.90. The fraction of sp³-hybridized carbons (Fsp3) is 0.545. The van der Waals surface area contributed by atoms with Gasteiger partial charge in [0.25, 0.3) is 0 Å². The van der Waals surface area contributed by atoms with E-state index in [0.717, 1.165) is 12.1 Å². The zero-order valence-corrected chi connectivity index (χ0v) is 26.8. The van der Waals surface area contributed by atoms with Gasteiger partial charge in [-0.2, -0.15) is 13.2 Å². The first-order valence-corrected chi connectivity index (χ1v) is 15.9. The molecule has 2 heterocycles. The summed E-state index contributed by atoms with van der Waals surface area (Å²) in [6.45, 7) is 3.79. The molecule has 1 aliphatic carbocycles. The summed E-state index contributed by atoms with van der Waals surface area (Å²) < 4.78 is 61.2. The molecule has 256 valence electrons. The zero-order valence-electron chi connectivity index (χ0n) is 26.8. The first-order chi connectivity index (χ1) is 22.4. The number of hydrogen-bond acceptors (Lipinski definition) is 8. The number of carbonyl (C=O) groups excluding carboxylic acids is 1. The molecule has 1 aromatic carbocycles. The van der Waals surface area contributed by atoms with Gasteiger partial charge in [-0.15, -0.1) is 0 Å². The van der Waals surface area contributed by atoms with Crippen LogP contribution in [0.5, 0.6) is 0 Å². The van der Waals surface area contributed by atoms with Crippen LogP contribution >= 0.6 is 0 Å². The lowest BCUT2D eigenvalue weighted by atomic mass is 9.87. The van der Waals surface area contributed by atoms with Crippen molar-refractivity contribution in [2.24, 2.45) is 16.6 Å². The van der Waals surface area contributed by atoms with Crippen molar-refractivity contribution in [1.82, 2.24) is 14.9 Å². The van der Waals surface area contributed by atoms with E-state index in [2.05, 4.69) is 15.0 Å². The monoisotopic (exact) mass is 662 g/mol. The van der Waals surface area contributed by atoms with Crippen molar-refractivity contribution in [3.05, 3.63) is 59.3 Å². The van der Waals surface area contributed by atoms with Gasteiger partial charge in [0, 0.05) is 67.7 Å². The molecular formula is C33H42F4N6O4. The number of aromatic nitrogens is 2. The lowest BCUT2D eigenvalue weighted by Crippen LogP contribution is -2.57. The van der Waals surface area contributed by atoms with Crippen LogP contribution in [-0.4, -0.2) is 69.5 Å². The summed E-state index contributed by atoms with van der Waals surface area (Å²) in [7, 11) is 1.59. The summed E-state index contributed by atoms with van der Waals surface area (Å²) in [6, 6.07) is 1.61. The summed E-state index contributed by atoms with van der Waals surface area (Å²) >= 11 is 0. The molecule has 3 atom stereocenters. The number of nitrogens with two attached hydrogens (primary N) is 1. The van der Waals surface area contributed by atoms with Crippen LogP contribution in [0.4, 0.5) is 28.3 Å². The third kappa shape index (κ3) is 8.77. The average Bonchev–Trinajstić information content (AvgIpc) is 3.05. The molecule has 0 spiro atoms. The van der Waals surface area contributed by atoms with E-state index < -0.39 is 35.5 Å². The molecule has 10 nitrogen and oxygen atoms in total. The van der Waals surface area contributed by atoms with Gasteiger partial charge < -0.3 is 25.4 Å². The van der Waals surface area contributed by atoms with Gasteiger partial charge in [0.1, 0.15) is 11.9 Å². The number of carboxylic acids is 1. The molecule has 0 bridgehead atoms. The summed E-state index contributed by atoms with van der Waals surface area (Å²) in [5, 5.41) is 9.31. The van der Waals surface area contributed by atoms with Crippen LogP contribution < -0.4 is 10.6 Å². The Balaban J connectivity index is 1.63. The number of carboxylic acid groups (broad SMARTS) is 1. The molecule has 1 aromatic heterocycles. The maximum Gasteiger partial charge on any atom is 0.416 e. The molecule has 47 heavy (non-hydrogen) atoms. The number of nitrogens with zero attached hydrogens (tertiary/aromatic N) is 5. The van der Waals surface area contributed by atoms with Crippen molar-refractivity contribution in [3.8, 4) is 0 Å². The van der Waals surface area contributed by atoms with Crippen molar-refractivity contribution in [1.29, 1.82) is 0 Å². The topological polar surface area (TPSA) is 134 Å². The van der Waals surface area contributed by atoms with Gasteiger partial charge in [-0.25, -0.2) is 19.2 Å². The lowest BCUT2D eigenvalue weighted by molar-refractivity contribution is -0.143. The lowest BCUT2D eigenvalue weighted by Gasteiger charge is -2.47. The second kappa shape index (κ2) is 15.6. The normalized spacial score (nSPS) is 23.9. The van der Waals surface area contributed by atoms with Crippen LogP contribution in [0, 0.1) is 11.7 Å². The smallest absolute Gasteiger partial charge is 0.416 e. The second-order valence-corrected chi connectivity index (χ2v) is 12.1. The number of hydrogen-bond donors (Lipinski definition) is 2. The third-order valence-corrected chi connectivity index (χ3v) is 9.07. The maximum absolute atomic E-state index is 14.5. The first-order valence-electron chi connectivity index (χ1n) is 15.9. The number of benzene rings is 1. The Hall–Kier alpha value is -4.23. The predicted molar refractivity (Wildman–Crippen MR) is 169 cm³/mol.